The van der Waals surface area contributed by atoms with E-state index in [9.17, 15) is 18.0 Å². The third-order valence-electron chi connectivity index (χ3n) is 4.26. The predicted molar refractivity (Wildman–Crippen MR) is 114 cm³/mol. The minimum atomic E-state index is -4.44. The van der Waals surface area contributed by atoms with Crippen molar-refractivity contribution in [3.8, 4) is 11.3 Å². The quantitative estimate of drug-likeness (QED) is 0.300. The average molecular weight is 454 g/mol. The zero-order chi connectivity index (χ0) is 21.9. The Morgan fingerprint density at radius 1 is 1.30 bits per heavy atom. The van der Waals surface area contributed by atoms with Crippen LogP contribution in [0.1, 0.15) is 24.7 Å². The van der Waals surface area contributed by atoms with Crippen molar-refractivity contribution in [2.45, 2.75) is 19.5 Å². The summed E-state index contributed by atoms with van der Waals surface area (Å²) in [7, 11) is 1.53. The number of ether oxygens (including phenoxy) is 1. The topological polar surface area (TPSA) is 42.7 Å². The van der Waals surface area contributed by atoms with Gasteiger partial charge >= 0.3 is 6.18 Å². The number of carbonyl (C=O) groups excluding carboxylic acids is 1. The molecule has 9 heteroatoms. The average Bonchev–Trinajstić information content (AvgIpc) is 3.27. The van der Waals surface area contributed by atoms with E-state index in [-0.39, 0.29) is 18.2 Å². The monoisotopic (exact) mass is 453 g/mol. The number of rotatable bonds is 6. The molecule has 1 fully saturated rings. The Labute approximate surface area is 181 Å². The lowest BCUT2D eigenvalue weighted by Gasteiger charge is -2.16. The maximum absolute atomic E-state index is 12.9. The first kappa shape index (κ1) is 22.2. The maximum Gasteiger partial charge on any atom is 0.416 e. The third-order valence-corrected chi connectivity index (χ3v) is 5.63. The number of allylic oxidation sites excluding steroid dienone is 1. The summed E-state index contributed by atoms with van der Waals surface area (Å²) in [4.78, 5) is 14.5. The second-order valence-corrected chi connectivity index (χ2v) is 8.01. The fraction of sp³-hybridized carbons (Fsp3) is 0.238. The van der Waals surface area contributed by atoms with Crippen LogP contribution in [0.4, 0.5) is 13.2 Å². The predicted octanol–water partition coefficient (Wildman–Crippen LogP) is 6.11. The zero-order valence-electron chi connectivity index (χ0n) is 16.2. The fourth-order valence-corrected chi connectivity index (χ4v) is 4.03. The second-order valence-electron chi connectivity index (χ2n) is 6.33. The number of halogens is 3. The summed E-state index contributed by atoms with van der Waals surface area (Å²) < 4.78 is 50.1. The number of thiocarbonyl (C=S) groups is 1. The van der Waals surface area contributed by atoms with Crippen molar-refractivity contribution in [3.63, 3.8) is 0 Å². The van der Waals surface area contributed by atoms with E-state index in [0.29, 0.717) is 26.3 Å². The zero-order valence-corrected chi connectivity index (χ0v) is 17.8. The molecule has 1 saturated heterocycles. The molecule has 0 spiro atoms. The molecule has 3 rings (SSSR count). The molecule has 1 aromatic heterocycles. The van der Waals surface area contributed by atoms with Gasteiger partial charge in [-0.15, -0.1) is 0 Å². The number of nitrogens with zero attached hydrogens (tertiary/aromatic N) is 1. The molecule has 1 aromatic carbocycles. The largest absolute Gasteiger partial charge is 0.500 e. The number of alkyl halides is 3. The lowest BCUT2D eigenvalue weighted by molar-refractivity contribution is -0.137. The van der Waals surface area contributed by atoms with E-state index in [1.165, 1.54) is 30.2 Å². The van der Waals surface area contributed by atoms with Gasteiger partial charge in [0.1, 0.15) is 21.6 Å². The van der Waals surface area contributed by atoms with Crippen LogP contribution in [-0.4, -0.2) is 28.8 Å². The van der Waals surface area contributed by atoms with Gasteiger partial charge in [-0.2, -0.15) is 13.2 Å². The summed E-state index contributed by atoms with van der Waals surface area (Å²) in [5.41, 5.74) is -0.459. The smallest absolute Gasteiger partial charge is 0.416 e. The number of benzene rings is 1. The molecule has 1 aliphatic rings. The van der Waals surface area contributed by atoms with Gasteiger partial charge in [-0.25, -0.2) is 0 Å². The van der Waals surface area contributed by atoms with Gasteiger partial charge in [0.25, 0.3) is 5.91 Å². The number of hydrogen-bond acceptors (Lipinski definition) is 5. The molecule has 158 valence electrons. The first-order chi connectivity index (χ1) is 14.2. The minimum absolute atomic E-state index is 0.236. The molecule has 0 bridgehead atoms. The Hall–Kier alpha value is -2.52. The normalized spacial score (nSPS) is 16.6. The van der Waals surface area contributed by atoms with Crippen molar-refractivity contribution >= 4 is 40.3 Å². The van der Waals surface area contributed by atoms with Gasteiger partial charge in [-0.05, 0) is 36.8 Å². The summed E-state index contributed by atoms with van der Waals surface area (Å²) in [5, 5.41) is 0. The van der Waals surface area contributed by atoms with Gasteiger partial charge in [-0.1, -0.05) is 43.0 Å². The summed E-state index contributed by atoms with van der Waals surface area (Å²) in [5.74, 6) is 0.982. The molecule has 1 amide bonds. The van der Waals surface area contributed by atoms with Crippen LogP contribution < -0.4 is 0 Å². The summed E-state index contributed by atoms with van der Waals surface area (Å²) in [6, 6.07) is 8.04. The van der Waals surface area contributed by atoms with Crippen LogP contribution in [-0.2, 0) is 15.7 Å². The van der Waals surface area contributed by atoms with E-state index < -0.39 is 11.7 Å². The highest BCUT2D eigenvalue weighted by molar-refractivity contribution is 8.26. The molecule has 0 aliphatic carbocycles. The fourth-order valence-electron chi connectivity index (χ4n) is 2.80. The molecule has 2 heterocycles. The Balaban J connectivity index is 1.81. The third kappa shape index (κ3) is 4.96. The standard InChI is InChI=1S/C21H18F3NO3S2/c1-3-5-16(27-2)12-25-19(26)18(30-20(25)29)11-15-8-9-17(28-15)13-6-4-7-14(10-13)21(22,23)24/h4-11H,3,12H2,1-2H3/b16-5-,18-11+. The van der Waals surface area contributed by atoms with Gasteiger partial charge in [0.15, 0.2) is 0 Å². The van der Waals surface area contributed by atoms with E-state index in [4.69, 9.17) is 21.4 Å². The van der Waals surface area contributed by atoms with E-state index in [0.717, 1.165) is 30.3 Å². The van der Waals surface area contributed by atoms with Crippen molar-refractivity contribution in [1.29, 1.82) is 0 Å². The lowest BCUT2D eigenvalue weighted by Crippen LogP contribution is -2.30. The highest BCUT2D eigenvalue weighted by atomic mass is 32.2. The summed E-state index contributed by atoms with van der Waals surface area (Å²) in [6.07, 6.45) is -0.270. The van der Waals surface area contributed by atoms with Crippen LogP contribution in [0.2, 0.25) is 0 Å². The Morgan fingerprint density at radius 3 is 2.73 bits per heavy atom. The molecule has 0 unspecified atom stereocenters. The highest BCUT2D eigenvalue weighted by Gasteiger charge is 2.33. The van der Waals surface area contributed by atoms with Crippen molar-refractivity contribution in [2.24, 2.45) is 0 Å². The summed E-state index contributed by atoms with van der Waals surface area (Å²) >= 11 is 6.43. The number of methoxy groups -OCH3 is 1. The van der Waals surface area contributed by atoms with E-state index >= 15 is 0 Å². The highest BCUT2D eigenvalue weighted by Crippen LogP contribution is 2.35. The number of furan rings is 1. The van der Waals surface area contributed by atoms with Gasteiger partial charge in [-0.3, -0.25) is 9.69 Å². The van der Waals surface area contributed by atoms with Crippen molar-refractivity contribution in [1.82, 2.24) is 4.90 Å². The van der Waals surface area contributed by atoms with Gasteiger partial charge in [0, 0.05) is 11.6 Å². The van der Waals surface area contributed by atoms with Crippen LogP contribution in [0.3, 0.4) is 0 Å². The molecule has 0 saturated carbocycles. The van der Waals surface area contributed by atoms with Crippen LogP contribution >= 0.6 is 24.0 Å². The Bertz CT molecular complexity index is 1020. The lowest BCUT2D eigenvalue weighted by atomic mass is 10.1. The first-order valence-corrected chi connectivity index (χ1v) is 10.2. The molecular weight excluding hydrogens is 435 g/mol. The molecule has 30 heavy (non-hydrogen) atoms. The van der Waals surface area contributed by atoms with Crippen molar-refractivity contribution in [2.75, 3.05) is 13.7 Å². The number of hydrogen-bond donors (Lipinski definition) is 0. The molecule has 2 aromatic rings. The molecule has 1 aliphatic heterocycles. The molecule has 0 N–H and O–H groups in total. The van der Waals surface area contributed by atoms with Gasteiger partial charge in [0.05, 0.1) is 24.1 Å². The molecule has 0 atom stereocenters. The van der Waals surface area contributed by atoms with Gasteiger partial charge in [0.2, 0.25) is 0 Å². The maximum atomic E-state index is 12.9. The van der Waals surface area contributed by atoms with Crippen LogP contribution in [0.25, 0.3) is 17.4 Å². The van der Waals surface area contributed by atoms with E-state index in [2.05, 4.69) is 0 Å². The first-order valence-electron chi connectivity index (χ1n) is 8.98. The van der Waals surface area contributed by atoms with Crippen molar-refractivity contribution in [3.05, 3.63) is 64.5 Å². The molecule has 0 radical (unpaired) electrons. The van der Waals surface area contributed by atoms with Crippen LogP contribution in [0.15, 0.2) is 57.6 Å². The van der Waals surface area contributed by atoms with Crippen LogP contribution in [0, 0.1) is 0 Å². The second kappa shape index (κ2) is 9.09. The summed E-state index contributed by atoms with van der Waals surface area (Å²) in [6.45, 7) is 2.20. The van der Waals surface area contributed by atoms with E-state index in [1.54, 1.807) is 12.1 Å². The minimum Gasteiger partial charge on any atom is -0.500 e. The number of carbonyl (C=O) groups is 1. The van der Waals surface area contributed by atoms with Gasteiger partial charge < -0.3 is 9.15 Å². The Kier molecular flexibility index (Phi) is 6.72. The molecule has 4 nitrogen and oxygen atoms in total. The SMILES string of the molecule is CC/C=C(/CN1C(=O)/C(=C\c2ccc(-c3cccc(C(F)(F)F)c3)o2)SC1=S)OC. The number of amides is 1. The van der Waals surface area contributed by atoms with E-state index in [1.807, 2.05) is 13.0 Å². The molecular formula is C21H18F3NO3S2. The van der Waals surface area contributed by atoms with Crippen molar-refractivity contribution < 1.29 is 27.1 Å². The number of thioether (sulfide) groups is 1. The van der Waals surface area contributed by atoms with Crippen LogP contribution in [0.5, 0.6) is 0 Å². The Morgan fingerprint density at radius 2 is 2.07 bits per heavy atom.